The van der Waals surface area contributed by atoms with Gasteiger partial charge in [0.05, 0.1) is 5.71 Å². The predicted octanol–water partition coefficient (Wildman–Crippen LogP) is 4.63. The third-order valence-corrected chi connectivity index (χ3v) is 3.90. The topological polar surface area (TPSA) is 57.2 Å². The van der Waals surface area contributed by atoms with Crippen molar-refractivity contribution in [2.24, 2.45) is 5.10 Å². The van der Waals surface area contributed by atoms with Crippen LogP contribution in [0.4, 0.5) is 0 Å². The van der Waals surface area contributed by atoms with Crippen molar-refractivity contribution in [1.29, 1.82) is 0 Å². The van der Waals surface area contributed by atoms with E-state index >= 15 is 0 Å². The number of benzene rings is 2. The predicted molar refractivity (Wildman–Crippen MR) is 94.4 cm³/mol. The van der Waals surface area contributed by atoms with Gasteiger partial charge in [0.1, 0.15) is 5.69 Å². The van der Waals surface area contributed by atoms with Gasteiger partial charge in [-0.25, -0.2) is 5.43 Å². The lowest BCUT2D eigenvalue weighted by Crippen LogP contribution is -2.19. The molecular formula is C17H13Cl2N3O. The zero-order valence-corrected chi connectivity index (χ0v) is 13.7. The maximum atomic E-state index is 12.2. The molecular weight excluding hydrogens is 333 g/mol. The molecule has 0 bridgehead atoms. The van der Waals surface area contributed by atoms with E-state index in [9.17, 15) is 4.79 Å². The first-order valence-electron chi connectivity index (χ1n) is 6.92. The second-order valence-corrected chi connectivity index (χ2v) is 5.93. The number of hydrazone groups is 1. The quantitative estimate of drug-likeness (QED) is 0.527. The molecule has 0 saturated carbocycles. The number of carbonyl (C=O) groups is 1. The van der Waals surface area contributed by atoms with E-state index in [0.29, 0.717) is 21.5 Å². The van der Waals surface area contributed by atoms with E-state index < -0.39 is 0 Å². The van der Waals surface area contributed by atoms with Crippen LogP contribution in [0.3, 0.4) is 0 Å². The number of H-pyrrole nitrogens is 1. The molecule has 1 heterocycles. The zero-order valence-electron chi connectivity index (χ0n) is 12.2. The Morgan fingerprint density at radius 1 is 1.04 bits per heavy atom. The number of hydrogen-bond donors (Lipinski definition) is 2. The van der Waals surface area contributed by atoms with Gasteiger partial charge in [0, 0.05) is 20.9 Å². The number of fused-ring (bicyclic) bond motifs is 1. The highest BCUT2D eigenvalue weighted by molar-refractivity contribution is 6.31. The third kappa shape index (κ3) is 3.55. The van der Waals surface area contributed by atoms with Crippen molar-refractivity contribution in [2.75, 3.05) is 0 Å². The Kier molecular flexibility index (Phi) is 4.37. The molecule has 0 saturated heterocycles. The molecule has 6 heteroatoms. The molecule has 3 aromatic rings. The fraction of sp³-hybridized carbons (Fsp3) is 0.0588. The van der Waals surface area contributed by atoms with Crippen LogP contribution >= 0.6 is 23.2 Å². The number of aromatic amines is 1. The fourth-order valence-corrected chi connectivity index (χ4v) is 2.48. The number of rotatable bonds is 3. The lowest BCUT2D eigenvalue weighted by atomic mass is 10.1. The average molecular weight is 346 g/mol. The normalized spacial score (nSPS) is 11.7. The fourth-order valence-electron chi connectivity index (χ4n) is 2.18. The lowest BCUT2D eigenvalue weighted by Gasteiger charge is -2.02. The Hall–Kier alpha value is -2.30. The molecule has 2 aromatic carbocycles. The molecule has 0 radical (unpaired) electrons. The molecule has 0 aliphatic carbocycles. The van der Waals surface area contributed by atoms with Gasteiger partial charge in [0.2, 0.25) is 0 Å². The Bertz CT molecular complexity index is 898. The van der Waals surface area contributed by atoms with Crippen LogP contribution in [-0.4, -0.2) is 16.6 Å². The highest BCUT2D eigenvalue weighted by atomic mass is 35.5. The molecule has 3 rings (SSSR count). The van der Waals surface area contributed by atoms with E-state index in [2.05, 4.69) is 15.5 Å². The highest BCUT2D eigenvalue weighted by Crippen LogP contribution is 2.20. The summed E-state index contributed by atoms with van der Waals surface area (Å²) in [6, 6.07) is 14.4. The highest BCUT2D eigenvalue weighted by Gasteiger charge is 2.09. The summed E-state index contributed by atoms with van der Waals surface area (Å²) in [6.07, 6.45) is 0. The number of nitrogens with one attached hydrogen (secondary N) is 2. The summed E-state index contributed by atoms with van der Waals surface area (Å²) in [5.41, 5.74) is 5.39. The van der Waals surface area contributed by atoms with Crippen molar-refractivity contribution < 1.29 is 4.79 Å². The van der Waals surface area contributed by atoms with Gasteiger partial charge in [-0.05, 0) is 48.9 Å². The van der Waals surface area contributed by atoms with E-state index in [1.807, 2.05) is 25.1 Å². The Morgan fingerprint density at radius 2 is 1.74 bits per heavy atom. The lowest BCUT2D eigenvalue weighted by molar-refractivity contribution is 0.0950. The molecule has 23 heavy (non-hydrogen) atoms. The Labute approximate surface area is 143 Å². The summed E-state index contributed by atoms with van der Waals surface area (Å²) in [6.45, 7) is 1.81. The molecule has 1 aromatic heterocycles. The number of hydrogen-bond acceptors (Lipinski definition) is 2. The van der Waals surface area contributed by atoms with E-state index in [-0.39, 0.29) is 5.91 Å². The largest absolute Gasteiger partial charge is 0.350 e. The number of aromatic nitrogens is 1. The van der Waals surface area contributed by atoms with Gasteiger partial charge in [0.25, 0.3) is 5.91 Å². The molecule has 116 valence electrons. The van der Waals surface area contributed by atoms with Gasteiger partial charge in [-0.1, -0.05) is 35.3 Å². The summed E-state index contributed by atoms with van der Waals surface area (Å²) < 4.78 is 0. The van der Waals surface area contributed by atoms with Crippen molar-refractivity contribution in [3.63, 3.8) is 0 Å². The van der Waals surface area contributed by atoms with Crippen LogP contribution in [0.2, 0.25) is 10.0 Å². The van der Waals surface area contributed by atoms with Crippen molar-refractivity contribution >= 4 is 45.7 Å². The number of carbonyl (C=O) groups excluding carboxylic acids is 1. The van der Waals surface area contributed by atoms with Crippen molar-refractivity contribution in [3.05, 3.63) is 69.8 Å². The first kappa shape index (κ1) is 15.6. The van der Waals surface area contributed by atoms with Crippen molar-refractivity contribution in [3.8, 4) is 0 Å². The Balaban J connectivity index is 1.77. The van der Waals surface area contributed by atoms with Gasteiger partial charge in [0.15, 0.2) is 0 Å². The summed E-state index contributed by atoms with van der Waals surface area (Å²) in [4.78, 5) is 15.2. The first-order valence-corrected chi connectivity index (χ1v) is 7.67. The molecule has 0 fully saturated rings. The zero-order chi connectivity index (χ0) is 16.4. The van der Waals surface area contributed by atoms with Gasteiger partial charge in [-0.15, -0.1) is 0 Å². The molecule has 0 spiro atoms. The average Bonchev–Trinajstić information content (AvgIpc) is 2.96. The van der Waals surface area contributed by atoms with E-state index in [1.165, 1.54) is 0 Å². The SMILES string of the molecule is CC(=NNC(=O)c1cc2cc(Cl)ccc2[nH]1)c1ccc(Cl)cc1. The standard InChI is InChI=1S/C17H13Cl2N3O/c1-10(11-2-4-13(18)5-3-11)21-22-17(23)16-9-12-8-14(19)6-7-15(12)20-16/h2-9,20H,1H3,(H,22,23). The van der Waals surface area contributed by atoms with Crippen LogP contribution in [0.1, 0.15) is 23.0 Å². The van der Waals surface area contributed by atoms with Crippen LogP contribution in [0, 0.1) is 0 Å². The number of nitrogens with zero attached hydrogens (tertiary/aromatic N) is 1. The molecule has 0 unspecified atom stereocenters. The maximum Gasteiger partial charge on any atom is 0.287 e. The monoisotopic (exact) mass is 345 g/mol. The van der Waals surface area contributed by atoms with Crippen molar-refractivity contribution in [1.82, 2.24) is 10.4 Å². The summed E-state index contributed by atoms with van der Waals surface area (Å²) in [5, 5.41) is 6.27. The molecule has 2 N–H and O–H groups in total. The molecule has 0 aliphatic heterocycles. The second kappa shape index (κ2) is 6.44. The van der Waals surface area contributed by atoms with Crippen LogP contribution < -0.4 is 5.43 Å². The minimum Gasteiger partial charge on any atom is -0.350 e. The summed E-state index contributed by atoms with van der Waals surface area (Å²) in [7, 11) is 0. The Morgan fingerprint density at radius 3 is 2.48 bits per heavy atom. The molecule has 0 aliphatic rings. The van der Waals surface area contributed by atoms with Gasteiger partial charge >= 0.3 is 0 Å². The van der Waals surface area contributed by atoms with Crippen LogP contribution in [0.25, 0.3) is 10.9 Å². The molecule has 0 atom stereocenters. The molecule has 1 amide bonds. The van der Waals surface area contributed by atoms with E-state index in [4.69, 9.17) is 23.2 Å². The van der Waals surface area contributed by atoms with Gasteiger partial charge in [-0.2, -0.15) is 5.10 Å². The van der Waals surface area contributed by atoms with E-state index in [1.54, 1.807) is 30.3 Å². The smallest absolute Gasteiger partial charge is 0.287 e. The summed E-state index contributed by atoms with van der Waals surface area (Å²) >= 11 is 11.8. The third-order valence-electron chi connectivity index (χ3n) is 3.41. The number of halogens is 2. The van der Waals surface area contributed by atoms with Crippen LogP contribution in [0.15, 0.2) is 53.6 Å². The molecule has 4 nitrogen and oxygen atoms in total. The van der Waals surface area contributed by atoms with Gasteiger partial charge < -0.3 is 4.98 Å². The van der Waals surface area contributed by atoms with Gasteiger partial charge in [-0.3, -0.25) is 4.79 Å². The van der Waals surface area contributed by atoms with E-state index in [0.717, 1.165) is 16.5 Å². The second-order valence-electron chi connectivity index (χ2n) is 5.06. The van der Waals surface area contributed by atoms with Crippen LogP contribution in [0.5, 0.6) is 0 Å². The summed E-state index contributed by atoms with van der Waals surface area (Å²) in [5.74, 6) is -0.314. The minimum atomic E-state index is -0.314. The number of amides is 1. The minimum absolute atomic E-state index is 0.314. The maximum absolute atomic E-state index is 12.2. The van der Waals surface area contributed by atoms with Crippen LogP contribution in [-0.2, 0) is 0 Å². The van der Waals surface area contributed by atoms with Crippen molar-refractivity contribution in [2.45, 2.75) is 6.92 Å². The first-order chi connectivity index (χ1) is 11.0.